The minimum absolute atomic E-state index is 0.223. The molecule has 0 amide bonds. The molecule has 0 aromatic heterocycles. The Hall–Kier alpha value is -1.54. The van der Waals surface area contributed by atoms with Crippen molar-refractivity contribution in [3.8, 4) is 0 Å². The fourth-order valence-corrected chi connectivity index (χ4v) is 3.56. The molecule has 0 spiro atoms. The lowest BCUT2D eigenvalue weighted by Gasteiger charge is -2.16. The Bertz CT molecular complexity index is 624. The van der Waals surface area contributed by atoms with Gasteiger partial charge < -0.3 is 5.11 Å². The van der Waals surface area contributed by atoms with Crippen molar-refractivity contribution in [1.29, 1.82) is 0 Å². The minimum Gasteiger partial charge on any atom is -0.478 e. The maximum atomic E-state index is 13.6. The molecule has 1 aromatic carbocycles. The first kappa shape index (κ1) is 13.9. The van der Waals surface area contributed by atoms with Gasteiger partial charge in [0.15, 0.2) is 11.6 Å². The van der Waals surface area contributed by atoms with Gasteiger partial charge in [0.05, 0.1) is 5.56 Å². The molecular weight excluding hydrogens is 280 g/mol. The molecule has 0 aliphatic carbocycles. The first-order valence-electron chi connectivity index (χ1n) is 5.56. The highest BCUT2D eigenvalue weighted by Gasteiger charge is 2.32. The van der Waals surface area contributed by atoms with Crippen molar-refractivity contribution in [2.24, 2.45) is 0 Å². The second-order valence-electron chi connectivity index (χ2n) is 4.19. The van der Waals surface area contributed by atoms with Crippen LogP contribution in [0.15, 0.2) is 17.0 Å². The predicted molar refractivity (Wildman–Crippen MR) is 61.3 cm³/mol. The second-order valence-corrected chi connectivity index (χ2v) is 6.09. The van der Waals surface area contributed by atoms with E-state index in [1.54, 1.807) is 0 Å². The van der Waals surface area contributed by atoms with E-state index in [0.29, 0.717) is 25.0 Å². The second kappa shape index (κ2) is 4.86. The molecular formula is C11H11F2NO4S. The average molecular weight is 291 g/mol. The zero-order valence-corrected chi connectivity index (χ0v) is 10.6. The van der Waals surface area contributed by atoms with Crippen LogP contribution in [0.5, 0.6) is 0 Å². The first-order chi connectivity index (χ1) is 8.84. The van der Waals surface area contributed by atoms with Gasteiger partial charge in [0.25, 0.3) is 0 Å². The van der Waals surface area contributed by atoms with E-state index in [1.807, 2.05) is 0 Å². The van der Waals surface area contributed by atoms with Crippen molar-refractivity contribution in [3.63, 3.8) is 0 Å². The number of hydrogen-bond donors (Lipinski definition) is 1. The summed E-state index contributed by atoms with van der Waals surface area (Å²) in [5, 5.41) is 8.76. The molecule has 2 rings (SSSR count). The molecule has 0 bridgehead atoms. The summed E-state index contributed by atoms with van der Waals surface area (Å²) >= 11 is 0. The molecule has 1 aromatic rings. The van der Waals surface area contributed by atoms with Gasteiger partial charge in [0, 0.05) is 13.1 Å². The van der Waals surface area contributed by atoms with E-state index in [1.165, 1.54) is 0 Å². The number of halogens is 2. The number of carboxylic acid groups (broad SMARTS) is 1. The van der Waals surface area contributed by atoms with E-state index in [9.17, 15) is 22.0 Å². The summed E-state index contributed by atoms with van der Waals surface area (Å²) in [4.78, 5) is 9.84. The van der Waals surface area contributed by atoms with Gasteiger partial charge in [-0.1, -0.05) is 0 Å². The van der Waals surface area contributed by atoms with Gasteiger partial charge >= 0.3 is 5.97 Å². The molecule has 8 heteroatoms. The van der Waals surface area contributed by atoms with Gasteiger partial charge in [-0.25, -0.2) is 22.0 Å². The Morgan fingerprint density at radius 3 is 2.32 bits per heavy atom. The number of rotatable bonds is 3. The van der Waals surface area contributed by atoms with Crippen LogP contribution in [-0.2, 0) is 10.0 Å². The van der Waals surface area contributed by atoms with Crippen LogP contribution in [0.1, 0.15) is 23.2 Å². The maximum absolute atomic E-state index is 13.6. The van der Waals surface area contributed by atoms with Crippen molar-refractivity contribution in [2.45, 2.75) is 17.7 Å². The Labute approximate surface area is 108 Å². The highest BCUT2D eigenvalue weighted by atomic mass is 32.2. The fraction of sp³-hybridized carbons (Fsp3) is 0.364. The largest absolute Gasteiger partial charge is 0.478 e. The van der Waals surface area contributed by atoms with E-state index in [2.05, 4.69) is 0 Å². The fourth-order valence-electron chi connectivity index (χ4n) is 1.94. The number of aromatic carboxylic acids is 1. The van der Waals surface area contributed by atoms with Gasteiger partial charge in [-0.05, 0) is 25.0 Å². The number of nitrogens with zero attached hydrogens (tertiary/aromatic N) is 1. The number of hydrogen-bond acceptors (Lipinski definition) is 3. The highest BCUT2D eigenvalue weighted by molar-refractivity contribution is 7.89. The zero-order chi connectivity index (χ0) is 14.2. The Balaban J connectivity index is 2.57. The monoisotopic (exact) mass is 291 g/mol. The summed E-state index contributed by atoms with van der Waals surface area (Å²) < 4.78 is 52.2. The number of carboxylic acids is 1. The average Bonchev–Trinajstić information content (AvgIpc) is 2.86. The topological polar surface area (TPSA) is 74.7 Å². The quantitative estimate of drug-likeness (QED) is 0.914. The predicted octanol–water partition coefficient (Wildman–Crippen LogP) is 1.45. The number of benzene rings is 1. The summed E-state index contributed by atoms with van der Waals surface area (Å²) in [7, 11) is -4.19. The lowest BCUT2D eigenvalue weighted by molar-refractivity contribution is 0.0696. The smallest absolute Gasteiger partial charge is 0.335 e. The molecule has 1 saturated heterocycles. The van der Waals surface area contributed by atoms with Gasteiger partial charge in [-0.2, -0.15) is 4.31 Å². The molecule has 1 fully saturated rings. The van der Waals surface area contributed by atoms with Crippen molar-refractivity contribution >= 4 is 16.0 Å². The molecule has 104 valence electrons. The third-order valence-electron chi connectivity index (χ3n) is 2.92. The van der Waals surface area contributed by atoms with E-state index < -0.39 is 38.1 Å². The summed E-state index contributed by atoms with van der Waals surface area (Å²) in [6.45, 7) is 0.446. The van der Waals surface area contributed by atoms with Crippen molar-refractivity contribution < 1.29 is 27.1 Å². The van der Waals surface area contributed by atoms with Crippen molar-refractivity contribution in [2.75, 3.05) is 13.1 Å². The van der Waals surface area contributed by atoms with E-state index >= 15 is 0 Å². The van der Waals surface area contributed by atoms with Crippen LogP contribution in [-0.4, -0.2) is 36.9 Å². The van der Waals surface area contributed by atoms with Crippen LogP contribution in [0.3, 0.4) is 0 Å². The standard InChI is InChI=1S/C11H11F2NO4S/c12-8-5-7(11(15)16)6-9(10(8)13)19(17,18)14-3-1-2-4-14/h5-6H,1-4H2,(H,15,16). The zero-order valence-electron chi connectivity index (χ0n) is 9.77. The van der Waals surface area contributed by atoms with Crippen LogP contribution in [0.4, 0.5) is 8.78 Å². The lowest BCUT2D eigenvalue weighted by atomic mass is 10.2. The van der Waals surface area contributed by atoms with Crippen LogP contribution >= 0.6 is 0 Å². The molecule has 19 heavy (non-hydrogen) atoms. The van der Waals surface area contributed by atoms with Crippen LogP contribution in [0, 0.1) is 11.6 Å². The van der Waals surface area contributed by atoms with Crippen LogP contribution in [0.25, 0.3) is 0 Å². The molecule has 1 N–H and O–H groups in total. The summed E-state index contributed by atoms with van der Waals surface area (Å²) in [6, 6.07) is 1.11. The molecule has 1 heterocycles. The van der Waals surface area contributed by atoms with E-state index in [-0.39, 0.29) is 13.1 Å². The SMILES string of the molecule is O=C(O)c1cc(F)c(F)c(S(=O)(=O)N2CCCC2)c1. The summed E-state index contributed by atoms with van der Waals surface area (Å²) in [6.07, 6.45) is 1.28. The Morgan fingerprint density at radius 2 is 1.79 bits per heavy atom. The van der Waals surface area contributed by atoms with E-state index in [4.69, 9.17) is 5.11 Å². The molecule has 1 aliphatic heterocycles. The van der Waals surface area contributed by atoms with Gasteiger partial charge in [-0.3, -0.25) is 0 Å². The summed E-state index contributed by atoms with van der Waals surface area (Å²) in [5.74, 6) is -4.55. The first-order valence-corrected chi connectivity index (χ1v) is 7.00. The third-order valence-corrected chi connectivity index (χ3v) is 4.82. The van der Waals surface area contributed by atoms with Crippen LogP contribution in [0.2, 0.25) is 0 Å². The number of sulfonamides is 1. The normalized spacial score (nSPS) is 16.7. The Morgan fingerprint density at radius 1 is 1.21 bits per heavy atom. The lowest BCUT2D eigenvalue weighted by Crippen LogP contribution is -2.29. The highest BCUT2D eigenvalue weighted by Crippen LogP contribution is 2.25. The third kappa shape index (κ3) is 2.45. The van der Waals surface area contributed by atoms with E-state index in [0.717, 1.165) is 4.31 Å². The van der Waals surface area contributed by atoms with Gasteiger partial charge in [0.1, 0.15) is 4.90 Å². The van der Waals surface area contributed by atoms with Crippen molar-refractivity contribution in [3.05, 3.63) is 29.3 Å². The molecule has 0 saturated carbocycles. The number of carbonyl (C=O) groups is 1. The molecule has 0 atom stereocenters. The van der Waals surface area contributed by atoms with Crippen LogP contribution < -0.4 is 0 Å². The van der Waals surface area contributed by atoms with Crippen molar-refractivity contribution in [1.82, 2.24) is 4.31 Å². The van der Waals surface area contributed by atoms with Gasteiger partial charge in [-0.15, -0.1) is 0 Å². The summed E-state index contributed by atoms with van der Waals surface area (Å²) in [5.41, 5.74) is -0.600. The molecule has 0 radical (unpaired) electrons. The molecule has 5 nitrogen and oxygen atoms in total. The Kier molecular flexibility index (Phi) is 3.55. The van der Waals surface area contributed by atoms with Gasteiger partial charge in [0.2, 0.25) is 10.0 Å². The molecule has 0 unspecified atom stereocenters. The maximum Gasteiger partial charge on any atom is 0.335 e. The minimum atomic E-state index is -4.19. The molecule has 1 aliphatic rings.